The molecule has 0 aliphatic heterocycles. The van der Waals surface area contributed by atoms with Crippen molar-refractivity contribution in [1.29, 1.82) is 0 Å². The fraction of sp³-hybridized carbons (Fsp3) is 0.259. The lowest BCUT2D eigenvalue weighted by Crippen LogP contribution is -2.36. The van der Waals surface area contributed by atoms with Crippen LogP contribution in [-0.2, 0) is 25.4 Å². The molecule has 8 nitrogen and oxygen atoms in total. The number of hydrogen-bond acceptors (Lipinski definition) is 4. The van der Waals surface area contributed by atoms with Crippen molar-refractivity contribution in [2.45, 2.75) is 37.7 Å². The lowest BCUT2D eigenvalue weighted by atomic mass is 10.1. The van der Waals surface area contributed by atoms with Gasteiger partial charge in [-0.15, -0.1) is 0 Å². The van der Waals surface area contributed by atoms with Gasteiger partial charge in [0.25, 0.3) is 11.8 Å². The fourth-order valence-electron chi connectivity index (χ4n) is 4.23. The number of carbonyl (C=O) groups is 2. The van der Waals surface area contributed by atoms with Gasteiger partial charge in [0.1, 0.15) is 22.9 Å². The van der Waals surface area contributed by atoms with Gasteiger partial charge in [-0.2, -0.15) is 54.1 Å². The number of rotatable bonds is 8. The molecule has 0 radical (unpaired) electrons. The maximum absolute atomic E-state index is 14.3. The van der Waals surface area contributed by atoms with E-state index in [1.807, 2.05) is 0 Å². The molecule has 0 fully saturated rings. The highest BCUT2D eigenvalue weighted by Crippen LogP contribution is 2.48. The quantitative estimate of drug-likeness (QED) is 0.185. The second-order valence-corrected chi connectivity index (χ2v) is 10.3. The molecule has 4 rings (SSSR count). The van der Waals surface area contributed by atoms with Crippen LogP contribution in [0.5, 0.6) is 0 Å². The van der Waals surface area contributed by atoms with Crippen molar-refractivity contribution in [2.24, 2.45) is 7.05 Å². The molecule has 0 atom stereocenters. The van der Waals surface area contributed by atoms with Gasteiger partial charge >= 0.3 is 24.2 Å². The molecule has 0 aliphatic carbocycles. The molecular formula is C27H18ClF11N6O2. The molecule has 2 aromatic carbocycles. The molecule has 0 bridgehead atoms. The van der Waals surface area contributed by atoms with Crippen LogP contribution in [0.25, 0.3) is 0 Å². The van der Waals surface area contributed by atoms with Gasteiger partial charge in [-0.05, 0) is 55.5 Å². The zero-order valence-electron chi connectivity index (χ0n) is 23.5. The minimum Gasteiger partial charge on any atom is -0.322 e. The Morgan fingerprint density at radius 1 is 0.787 bits per heavy atom. The van der Waals surface area contributed by atoms with Gasteiger partial charge in [-0.25, -0.2) is 4.39 Å². The largest absolute Gasteiger partial charge is 0.459 e. The monoisotopic (exact) mass is 702 g/mol. The molecule has 2 aromatic heterocycles. The van der Waals surface area contributed by atoms with Crippen LogP contribution in [0.3, 0.4) is 0 Å². The first-order valence-electron chi connectivity index (χ1n) is 12.7. The van der Waals surface area contributed by atoms with Crippen molar-refractivity contribution < 1.29 is 57.9 Å². The van der Waals surface area contributed by atoms with Gasteiger partial charge in [-0.1, -0.05) is 11.6 Å². The Balaban J connectivity index is 1.64. The predicted molar refractivity (Wildman–Crippen MR) is 143 cm³/mol. The number of alkyl halides is 10. The minimum atomic E-state index is -6.41. The van der Waals surface area contributed by atoms with Crippen molar-refractivity contribution in [3.8, 4) is 0 Å². The molecule has 0 saturated carbocycles. The van der Waals surface area contributed by atoms with Crippen molar-refractivity contribution >= 4 is 34.8 Å². The van der Waals surface area contributed by atoms with Crippen LogP contribution in [0.2, 0.25) is 5.02 Å². The summed E-state index contributed by atoms with van der Waals surface area (Å²) in [5.74, 6) is -14.1. The molecule has 4 aromatic rings. The predicted octanol–water partition coefficient (Wildman–Crippen LogP) is 7.58. The van der Waals surface area contributed by atoms with E-state index in [1.165, 1.54) is 24.3 Å². The Morgan fingerprint density at radius 3 is 1.91 bits per heavy atom. The summed E-state index contributed by atoms with van der Waals surface area (Å²) in [4.78, 5) is 25.9. The highest BCUT2D eigenvalue weighted by atomic mass is 35.5. The van der Waals surface area contributed by atoms with E-state index in [1.54, 1.807) is 0 Å². The number of benzene rings is 2. The number of aryl methyl sites for hydroxylation is 1. The summed E-state index contributed by atoms with van der Waals surface area (Å²) in [6, 6.07) is 7.70. The van der Waals surface area contributed by atoms with Gasteiger partial charge in [0.05, 0.1) is 22.8 Å². The van der Waals surface area contributed by atoms with Crippen LogP contribution < -0.4 is 10.6 Å². The van der Waals surface area contributed by atoms with Gasteiger partial charge in [0, 0.05) is 24.0 Å². The SMILES string of the molecule is Cc1c(Cn2nc(C(F)(F)C(F)(F)F)cc2C(F)(F)C(F)(F)F)nn(C)c1C(=O)Nc1ccc(Cl)c(C(=O)Nc2ccc(F)cc2)c1. The zero-order chi connectivity index (χ0) is 35.3. The number of aromatic nitrogens is 4. The average Bonchev–Trinajstić information content (AvgIpc) is 3.50. The van der Waals surface area contributed by atoms with E-state index < -0.39 is 76.2 Å². The third kappa shape index (κ3) is 6.89. The van der Waals surface area contributed by atoms with E-state index in [0.29, 0.717) is 0 Å². The Bertz CT molecular complexity index is 1830. The van der Waals surface area contributed by atoms with Gasteiger partial charge in [0.2, 0.25) is 0 Å². The minimum absolute atomic E-state index is 0.0241. The Labute approximate surface area is 261 Å². The summed E-state index contributed by atoms with van der Waals surface area (Å²) in [6.07, 6.45) is -12.8. The second kappa shape index (κ2) is 12.2. The summed E-state index contributed by atoms with van der Waals surface area (Å²) in [5, 5.41) is 11.4. The standard InChI is InChI=1S/C27H18ClF11N6O2/c1-12-18(11-45-20(25(32,33)27(37,38)39)10-19(43-45)24(30,31)26(34,35)36)42-44(2)21(12)23(47)41-15-7-8-17(28)16(9-15)22(46)40-14-5-3-13(29)4-6-14/h3-10H,11H2,1-2H3,(H,40,46)(H,41,47). The molecule has 0 unspecified atom stereocenters. The third-order valence-electron chi connectivity index (χ3n) is 6.60. The number of nitrogens with zero attached hydrogens (tertiary/aromatic N) is 4. The number of amides is 2. The van der Waals surface area contributed by atoms with E-state index >= 15 is 0 Å². The summed E-state index contributed by atoms with van der Waals surface area (Å²) in [6.45, 7) is -0.131. The number of anilines is 2. The second-order valence-electron chi connectivity index (χ2n) is 9.87. The van der Waals surface area contributed by atoms with Crippen LogP contribution in [-0.4, -0.2) is 43.7 Å². The first-order chi connectivity index (χ1) is 21.5. The molecule has 0 spiro atoms. The molecule has 2 N–H and O–H groups in total. The Hall–Kier alpha value is -4.68. The van der Waals surface area contributed by atoms with Gasteiger partial charge in [0.15, 0.2) is 0 Å². The molecule has 2 amide bonds. The highest BCUT2D eigenvalue weighted by Gasteiger charge is 2.64. The van der Waals surface area contributed by atoms with Crippen LogP contribution in [0.15, 0.2) is 48.5 Å². The molecule has 0 saturated heterocycles. The van der Waals surface area contributed by atoms with Gasteiger partial charge < -0.3 is 10.6 Å². The van der Waals surface area contributed by atoms with Crippen molar-refractivity contribution in [3.63, 3.8) is 0 Å². The molecule has 20 heteroatoms. The number of nitrogens with one attached hydrogen (secondary N) is 2. The Kier molecular flexibility index (Phi) is 9.10. The van der Waals surface area contributed by atoms with Crippen LogP contribution in [0, 0.1) is 12.7 Å². The molecule has 252 valence electrons. The maximum Gasteiger partial charge on any atom is 0.459 e. The van der Waals surface area contributed by atoms with Crippen LogP contribution in [0.1, 0.15) is 43.5 Å². The first kappa shape index (κ1) is 35.2. The van der Waals surface area contributed by atoms with Crippen LogP contribution in [0.4, 0.5) is 59.7 Å². The topological polar surface area (TPSA) is 93.8 Å². The number of halogens is 12. The number of hydrogen-bond donors (Lipinski definition) is 2. The van der Waals surface area contributed by atoms with E-state index in [9.17, 15) is 57.9 Å². The summed E-state index contributed by atoms with van der Waals surface area (Å²) < 4.78 is 148. The van der Waals surface area contributed by atoms with Crippen molar-refractivity contribution in [2.75, 3.05) is 10.6 Å². The van der Waals surface area contributed by atoms with E-state index in [4.69, 9.17) is 11.6 Å². The van der Waals surface area contributed by atoms with Crippen molar-refractivity contribution in [3.05, 3.63) is 93.3 Å². The Morgan fingerprint density at radius 2 is 1.34 bits per heavy atom. The molecule has 2 heterocycles. The van der Waals surface area contributed by atoms with Crippen molar-refractivity contribution in [1.82, 2.24) is 19.6 Å². The average molecular weight is 703 g/mol. The zero-order valence-corrected chi connectivity index (χ0v) is 24.2. The molecule has 0 aliphatic rings. The summed E-state index contributed by atoms with van der Waals surface area (Å²) in [5.41, 5.74) is -5.73. The smallest absolute Gasteiger partial charge is 0.322 e. The van der Waals surface area contributed by atoms with E-state index in [0.717, 1.165) is 36.9 Å². The van der Waals surface area contributed by atoms with E-state index in [2.05, 4.69) is 20.8 Å². The third-order valence-corrected chi connectivity index (χ3v) is 6.93. The summed E-state index contributed by atoms with van der Waals surface area (Å²) in [7, 11) is 1.15. The lowest BCUT2D eigenvalue weighted by Gasteiger charge is -2.20. The van der Waals surface area contributed by atoms with E-state index in [-0.39, 0.29) is 33.2 Å². The molecule has 47 heavy (non-hydrogen) atoms. The maximum atomic E-state index is 14.3. The summed E-state index contributed by atoms with van der Waals surface area (Å²) >= 11 is 6.11. The normalized spacial score (nSPS) is 12.7. The van der Waals surface area contributed by atoms with Gasteiger partial charge in [-0.3, -0.25) is 19.0 Å². The lowest BCUT2D eigenvalue weighted by molar-refractivity contribution is -0.292. The molecular weight excluding hydrogens is 685 g/mol. The first-order valence-corrected chi connectivity index (χ1v) is 13.1. The fourth-order valence-corrected chi connectivity index (χ4v) is 4.43. The highest BCUT2D eigenvalue weighted by molar-refractivity contribution is 6.34. The number of carbonyl (C=O) groups excluding carboxylic acids is 2. The van der Waals surface area contributed by atoms with Crippen LogP contribution >= 0.6 is 11.6 Å².